The Morgan fingerprint density at radius 1 is 1.19 bits per heavy atom. The third-order valence-electron chi connectivity index (χ3n) is 6.05. The second-order valence-corrected chi connectivity index (χ2v) is 8.07. The summed E-state index contributed by atoms with van der Waals surface area (Å²) in [6, 6.07) is 14.1. The Morgan fingerprint density at radius 3 is 2.81 bits per heavy atom. The molecule has 158 valence electrons. The van der Waals surface area contributed by atoms with Gasteiger partial charge in [-0.05, 0) is 54.0 Å². The summed E-state index contributed by atoms with van der Waals surface area (Å²) in [6.45, 7) is 2.37. The highest BCUT2D eigenvalue weighted by molar-refractivity contribution is 5.90. The lowest BCUT2D eigenvalue weighted by Crippen LogP contribution is -2.41. The number of rotatable bonds is 4. The average molecular weight is 418 g/mol. The normalized spacial score (nSPS) is 14.4. The fourth-order valence-corrected chi connectivity index (χ4v) is 4.51. The van der Waals surface area contributed by atoms with E-state index in [-0.39, 0.29) is 17.8 Å². The lowest BCUT2D eigenvalue weighted by atomic mass is 10.1. The van der Waals surface area contributed by atoms with Crippen LogP contribution in [-0.4, -0.2) is 37.0 Å². The minimum atomic E-state index is -0.451. The summed E-state index contributed by atoms with van der Waals surface area (Å²) in [7, 11) is 0. The average Bonchev–Trinajstić information content (AvgIpc) is 3.46. The van der Waals surface area contributed by atoms with E-state index in [1.807, 2.05) is 31.2 Å². The van der Waals surface area contributed by atoms with Crippen molar-refractivity contribution in [3.05, 3.63) is 65.5 Å². The van der Waals surface area contributed by atoms with Gasteiger partial charge in [-0.3, -0.25) is 0 Å². The molecule has 0 radical (unpaired) electrons. The van der Waals surface area contributed by atoms with Crippen molar-refractivity contribution in [1.82, 2.24) is 24.9 Å². The van der Waals surface area contributed by atoms with Crippen LogP contribution in [-0.2, 0) is 6.54 Å². The predicted octanol–water partition coefficient (Wildman–Crippen LogP) is 4.70. The number of carbonyl (C=O) groups is 1. The van der Waals surface area contributed by atoms with E-state index in [1.165, 1.54) is 6.07 Å². The summed E-state index contributed by atoms with van der Waals surface area (Å²) in [4.78, 5) is 15.0. The number of pyridine rings is 1. The number of tetrazole rings is 1. The molecule has 1 aliphatic carbocycles. The Balaban J connectivity index is 1.53. The van der Waals surface area contributed by atoms with Crippen LogP contribution in [0.15, 0.2) is 48.5 Å². The number of fused-ring (bicyclic) bond motifs is 3. The Kier molecular flexibility index (Phi) is 4.97. The Hall–Kier alpha value is -3.55. The zero-order valence-electron chi connectivity index (χ0n) is 17.3. The lowest BCUT2D eigenvalue weighted by Gasteiger charge is -2.29. The summed E-state index contributed by atoms with van der Waals surface area (Å²) in [5.41, 5.74) is 3.70. The maximum absolute atomic E-state index is 14.1. The van der Waals surface area contributed by atoms with Gasteiger partial charge in [0.05, 0.1) is 17.7 Å². The number of anilines is 1. The lowest BCUT2D eigenvalue weighted by molar-refractivity contribution is 0.184. The summed E-state index contributed by atoms with van der Waals surface area (Å²) in [5, 5.41) is 16.1. The standard InChI is InChI=1S/C23H23FN6O/c1-15-7-6-8-16-13-17(22-26-27-28-30(22)21(15)16)14-29(18-9-2-3-10-18)23(31)25-20-12-5-4-11-19(20)24/h4-8,11-13,18H,2-3,9-10,14H2,1H3,(H,25,31). The molecule has 2 aromatic heterocycles. The van der Waals surface area contributed by atoms with Crippen LogP contribution in [0.25, 0.3) is 16.6 Å². The van der Waals surface area contributed by atoms with Crippen LogP contribution in [0.1, 0.15) is 36.8 Å². The van der Waals surface area contributed by atoms with Gasteiger partial charge < -0.3 is 10.2 Å². The third kappa shape index (κ3) is 3.58. The largest absolute Gasteiger partial charge is 0.322 e. The molecule has 0 bridgehead atoms. The monoisotopic (exact) mass is 418 g/mol. The minimum Gasteiger partial charge on any atom is -0.317 e. The molecule has 0 atom stereocenters. The molecule has 0 saturated heterocycles. The molecular weight excluding hydrogens is 395 g/mol. The quantitative estimate of drug-likeness (QED) is 0.521. The number of aromatic nitrogens is 4. The van der Waals surface area contributed by atoms with Crippen LogP contribution in [0.3, 0.4) is 0 Å². The number of nitrogens with zero attached hydrogens (tertiary/aromatic N) is 5. The van der Waals surface area contributed by atoms with Crippen molar-refractivity contribution in [1.29, 1.82) is 0 Å². The summed E-state index contributed by atoms with van der Waals surface area (Å²) in [5.74, 6) is -0.451. The molecule has 8 heteroatoms. The van der Waals surface area contributed by atoms with Crippen LogP contribution in [0.2, 0.25) is 0 Å². The molecule has 5 rings (SSSR count). The van der Waals surface area contributed by atoms with Gasteiger partial charge in [0.2, 0.25) is 0 Å². The number of halogens is 1. The van der Waals surface area contributed by atoms with E-state index in [1.54, 1.807) is 27.6 Å². The van der Waals surface area contributed by atoms with Crippen molar-refractivity contribution >= 4 is 28.3 Å². The third-order valence-corrected chi connectivity index (χ3v) is 6.05. The molecule has 0 aliphatic heterocycles. The SMILES string of the molecule is Cc1cccc2cc(CN(C(=O)Nc3ccccc3F)C3CCCC3)c3nnnn3c12. The van der Waals surface area contributed by atoms with E-state index < -0.39 is 5.82 Å². The molecule has 1 fully saturated rings. The topological polar surface area (TPSA) is 75.4 Å². The minimum absolute atomic E-state index is 0.0934. The number of hydrogen-bond acceptors (Lipinski definition) is 4. The highest BCUT2D eigenvalue weighted by atomic mass is 19.1. The van der Waals surface area contributed by atoms with E-state index in [2.05, 4.69) is 20.8 Å². The van der Waals surface area contributed by atoms with Gasteiger partial charge in [-0.1, -0.05) is 43.2 Å². The Labute approximate surface area is 178 Å². The van der Waals surface area contributed by atoms with Crippen LogP contribution < -0.4 is 5.32 Å². The highest BCUT2D eigenvalue weighted by Gasteiger charge is 2.28. The summed E-state index contributed by atoms with van der Waals surface area (Å²) in [6.07, 6.45) is 4.01. The molecule has 2 amide bonds. The van der Waals surface area contributed by atoms with Crippen molar-refractivity contribution in [3.8, 4) is 0 Å². The molecule has 31 heavy (non-hydrogen) atoms. The number of para-hydroxylation sites is 2. The Bertz CT molecular complexity index is 1260. The van der Waals surface area contributed by atoms with Gasteiger partial charge in [0, 0.05) is 17.0 Å². The molecular formula is C23H23FN6O. The number of benzene rings is 2. The second kappa shape index (κ2) is 7.94. The number of aryl methyl sites for hydroxylation is 1. The van der Waals surface area contributed by atoms with Crippen molar-refractivity contribution in [2.24, 2.45) is 0 Å². The first-order valence-corrected chi connectivity index (χ1v) is 10.5. The van der Waals surface area contributed by atoms with Gasteiger partial charge in [0.25, 0.3) is 0 Å². The van der Waals surface area contributed by atoms with E-state index in [4.69, 9.17) is 0 Å². The molecule has 1 saturated carbocycles. The van der Waals surface area contributed by atoms with Crippen molar-refractivity contribution in [2.45, 2.75) is 45.2 Å². The first-order chi connectivity index (χ1) is 15.1. The van der Waals surface area contributed by atoms with E-state index in [0.29, 0.717) is 12.2 Å². The molecule has 0 unspecified atom stereocenters. The van der Waals surface area contributed by atoms with Crippen molar-refractivity contribution in [2.75, 3.05) is 5.32 Å². The zero-order chi connectivity index (χ0) is 21.4. The molecule has 0 spiro atoms. The fraction of sp³-hybridized carbons (Fsp3) is 0.304. The Morgan fingerprint density at radius 2 is 2.00 bits per heavy atom. The van der Waals surface area contributed by atoms with Gasteiger partial charge in [0.1, 0.15) is 5.82 Å². The number of urea groups is 1. The number of hydrogen-bond donors (Lipinski definition) is 1. The number of nitrogens with one attached hydrogen (secondary N) is 1. The maximum atomic E-state index is 14.1. The molecule has 2 heterocycles. The second-order valence-electron chi connectivity index (χ2n) is 8.07. The van der Waals surface area contributed by atoms with Crippen LogP contribution in [0.4, 0.5) is 14.9 Å². The zero-order valence-corrected chi connectivity index (χ0v) is 17.3. The van der Waals surface area contributed by atoms with Gasteiger partial charge in [-0.2, -0.15) is 4.52 Å². The van der Waals surface area contributed by atoms with E-state index in [9.17, 15) is 9.18 Å². The number of amides is 2. The molecule has 1 N–H and O–H groups in total. The van der Waals surface area contributed by atoms with Crippen LogP contribution in [0.5, 0.6) is 0 Å². The van der Waals surface area contributed by atoms with Crippen molar-refractivity contribution < 1.29 is 9.18 Å². The number of carbonyl (C=O) groups excluding carboxylic acids is 1. The molecule has 4 aromatic rings. The van der Waals surface area contributed by atoms with Gasteiger partial charge in [-0.25, -0.2) is 9.18 Å². The van der Waals surface area contributed by atoms with Gasteiger partial charge in [-0.15, -0.1) is 5.10 Å². The fourth-order valence-electron chi connectivity index (χ4n) is 4.51. The van der Waals surface area contributed by atoms with Crippen LogP contribution >= 0.6 is 0 Å². The predicted molar refractivity (Wildman–Crippen MR) is 116 cm³/mol. The first-order valence-electron chi connectivity index (χ1n) is 10.5. The first kappa shape index (κ1) is 19.4. The summed E-state index contributed by atoms with van der Waals surface area (Å²) < 4.78 is 15.9. The smallest absolute Gasteiger partial charge is 0.317 e. The molecule has 1 aliphatic rings. The van der Waals surface area contributed by atoms with E-state index in [0.717, 1.165) is 47.7 Å². The van der Waals surface area contributed by atoms with Crippen molar-refractivity contribution in [3.63, 3.8) is 0 Å². The van der Waals surface area contributed by atoms with Gasteiger partial charge in [0.15, 0.2) is 5.65 Å². The van der Waals surface area contributed by atoms with Gasteiger partial charge >= 0.3 is 6.03 Å². The maximum Gasteiger partial charge on any atom is 0.322 e. The van der Waals surface area contributed by atoms with E-state index >= 15 is 0 Å². The summed E-state index contributed by atoms with van der Waals surface area (Å²) >= 11 is 0. The highest BCUT2D eigenvalue weighted by Crippen LogP contribution is 2.28. The molecule has 7 nitrogen and oxygen atoms in total. The van der Waals surface area contributed by atoms with Crippen LogP contribution in [0, 0.1) is 12.7 Å². The molecule has 2 aromatic carbocycles.